The summed E-state index contributed by atoms with van der Waals surface area (Å²) in [7, 11) is 0. The van der Waals surface area contributed by atoms with Crippen LogP contribution in [0.2, 0.25) is 0 Å². The Balaban J connectivity index is 1.47. The third-order valence-electron chi connectivity index (χ3n) is 7.32. The summed E-state index contributed by atoms with van der Waals surface area (Å²) in [5, 5.41) is 6.70. The van der Waals surface area contributed by atoms with E-state index in [0.29, 0.717) is 11.7 Å². The molecule has 2 aromatic carbocycles. The summed E-state index contributed by atoms with van der Waals surface area (Å²) in [4.78, 5) is 19.5. The number of thiocarbonyl (C=S) groups is 1. The third-order valence-corrected chi connectivity index (χ3v) is 7.67. The van der Waals surface area contributed by atoms with Crippen molar-refractivity contribution < 1.29 is 9.18 Å². The molecule has 2 N–H and O–H groups in total. The van der Waals surface area contributed by atoms with Crippen molar-refractivity contribution in [2.24, 2.45) is 0 Å². The number of carbonyl (C=O) groups excluding carboxylic acids is 1. The van der Waals surface area contributed by atoms with E-state index in [-0.39, 0.29) is 30.1 Å². The first-order valence-electron chi connectivity index (χ1n) is 13.2. The van der Waals surface area contributed by atoms with E-state index in [0.717, 1.165) is 34.8 Å². The highest BCUT2D eigenvalue weighted by Crippen LogP contribution is 2.41. The normalized spacial score (nSPS) is 16.8. The minimum atomic E-state index is -0.461. The van der Waals surface area contributed by atoms with Crippen molar-refractivity contribution in [2.45, 2.75) is 45.7 Å². The standard InChI is InChI=1S/C31H32FN5OS/c1-4-22-12-14-23(15-13-22)37-20(2)19-24(21(37)3)30-29(27-11-7-8-17-33-27)35-31(39)36(30)18-16-28(38)34-26-10-6-5-9-25(26)32/h5-15,17,19,29-30H,4,16,18H2,1-3H3,(H,34,38)(H,35,39)/t29-,30-/m1/s1. The molecule has 39 heavy (non-hydrogen) atoms. The summed E-state index contributed by atoms with van der Waals surface area (Å²) in [5.74, 6) is -0.735. The van der Waals surface area contributed by atoms with Gasteiger partial charge >= 0.3 is 0 Å². The number of para-hydroxylation sites is 1. The lowest BCUT2D eigenvalue weighted by Gasteiger charge is -2.28. The number of halogens is 1. The molecule has 0 radical (unpaired) electrons. The second-order valence-corrected chi connectivity index (χ2v) is 10.2. The van der Waals surface area contributed by atoms with Gasteiger partial charge in [0.1, 0.15) is 5.82 Å². The Kier molecular flexibility index (Phi) is 7.74. The van der Waals surface area contributed by atoms with Crippen LogP contribution in [0.4, 0.5) is 10.1 Å². The lowest BCUT2D eigenvalue weighted by Crippen LogP contribution is -2.33. The van der Waals surface area contributed by atoms with E-state index < -0.39 is 5.82 Å². The van der Waals surface area contributed by atoms with Crippen molar-refractivity contribution in [2.75, 3.05) is 11.9 Å². The molecular weight excluding hydrogens is 509 g/mol. The van der Waals surface area contributed by atoms with Gasteiger partial charge < -0.3 is 20.1 Å². The number of nitrogens with zero attached hydrogens (tertiary/aromatic N) is 3. The van der Waals surface area contributed by atoms with Crippen molar-refractivity contribution >= 4 is 28.9 Å². The Bertz CT molecular complexity index is 1480. The molecule has 0 unspecified atom stereocenters. The van der Waals surface area contributed by atoms with Crippen molar-refractivity contribution in [1.82, 2.24) is 19.8 Å². The Morgan fingerprint density at radius 2 is 1.82 bits per heavy atom. The van der Waals surface area contributed by atoms with Crippen LogP contribution in [0.3, 0.4) is 0 Å². The summed E-state index contributed by atoms with van der Waals surface area (Å²) in [6, 6.07) is 22.5. The maximum Gasteiger partial charge on any atom is 0.226 e. The Morgan fingerprint density at radius 3 is 2.51 bits per heavy atom. The fourth-order valence-corrected chi connectivity index (χ4v) is 5.68. The van der Waals surface area contributed by atoms with Crippen molar-refractivity contribution in [3.05, 3.63) is 113 Å². The molecule has 6 nitrogen and oxygen atoms in total. The summed E-state index contributed by atoms with van der Waals surface area (Å²) >= 11 is 5.79. The zero-order chi connectivity index (χ0) is 27.5. The number of amides is 1. The topological polar surface area (TPSA) is 62.2 Å². The predicted octanol–water partition coefficient (Wildman–Crippen LogP) is 6.19. The Morgan fingerprint density at radius 1 is 1.08 bits per heavy atom. The van der Waals surface area contributed by atoms with Gasteiger partial charge in [0.15, 0.2) is 5.11 Å². The Hall–Kier alpha value is -4.04. The SMILES string of the molecule is CCc1ccc(-n2c(C)cc([C@@H]3[C@@H](c4ccccn4)NC(=S)N3CCC(=O)Nc3ccccc3F)c2C)cc1. The molecule has 3 heterocycles. The average Bonchev–Trinajstić information content (AvgIpc) is 3.43. The molecule has 0 bridgehead atoms. The van der Waals surface area contributed by atoms with Gasteiger partial charge in [-0.1, -0.05) is 37.3 Å². The molecule has 0 aliphatic carbocycles. The maximum absolute atomic E-state index is 14.1. The average molecular weight is 542 g/mol. The lowest BCUT2D eigenvalue weighted by molar-refractivity contribution is -0.116. The van der Waals surface area contributed by atoms with Crippen LogP contribution < -0.4 is 10.6 Å². The molecule has 1 aliphatic rings. The van der Waals surface area contributed by atoms with E-state index in [1.165, 1.54) is 11.6 Å². The molecule has 0 spiro atoms. The number of carbonyl (C=O) groups is 1. The predicted molar refractivity (Wildman–Crippen MR) is 156 cm³/mol. The number of anilines is 1. The van der Waals surface area contributed by atoms with Crippen LogP contribution in [-0.4, -0.2) is 32.0 Å². The number of hydrogen-bond donors (Lipinski definition) is 2. The molecule has 1 saturated heterocycles. The van der Waals surface area contributed by atoms with Gasteiger partial charge in [-0.3, -0.25) is 9.78 Å². The Labute approximate surface area is 233 Å². The molecule has 8 heteroatoms. The van der Waals surface area contributed by atoms with Crippen LogP contribution in [0.15, 0.2) is 79.0 Å². The first-order chi connectivity index (χ1) is 18.9. The fraction of sp³-hybridized carbons (Fsp3) is 0.258. The zero-order valence-corrected chi connectivity index (χ0v) is 23.1. The monoisotopic (exact) mass is 541 g/mol. The minimum Gasteiger partial charge on any atom is -0.352 e. The number of benzene rings is 2. The maximum atomic E-state index is 14.1. The molecule has 200 valence electrons. The van der Waals surface area contributed by atoms with Gasteiger partial charge in [0, 0.05) is 36.2 Å². The molecular formula is C31H32FN5OS. The highest BCUT2D eigenvalue weighted by molar-refractivity contribution is 7.80. The van der Waals surface area contributed by atoms with Crippen LogP contribution in [-0.2, 0) is 11.2 Å². The van der Waals surface area contributed by atoms with E-state index in [2.05, 4.69) is 76.2 Å². The second kappa shape index (κ2) is 11.4. The highest BCUT2D eigenvalue weighted by Gasteiger charge is 2.41. The van der Waals surface area contributed by atoms with Gasteiger partial charge in [-0.05, 0) is 86.1 Å². The largest absolute Gasteiger partial charge is 0.352 e. The second-order valence-electron chi connectivity index (χ2n) is 9.78. The summed E-state index contributed by atoms with van der Waals surface area (Å²) in [6.07, 6.45) is 2.92. The smallest absolute Gasteiger partial charge is 0.226 e. The van der Waals surface area contributed by atoms with Gasteiger partial charge in [-0.15, -0.1) is 0 Å². The molecule has 0 saturated carbocycles. The quantitative estimate of drug-likeness (QED) is 0.261. The molecule has 1 amide bonds. The van der Waals surface area contributed by atoms with E-state index in [1.807, 2.05) is 18.2 Å². The molecule has 1 aliphatic heterocycles. The van der Waals surface area contributed by atoms with Crippen molar-refractivity contribution in [3.63, 3.8) is 0 Å². The van der Waals surface area contributed by atoms with Gasteiger partial charge in [-0.25, -0.2) is 4.39 Å². The van der Waals surface area contributed by atoms with Crippen LogP contribution in [0, 0.1) is 19.7 Å². The molecule has 2 atom stereocenters. The number of aromatic nitrogens is 2. The van der Waals surface area contributed by atoms with E-state index in [9.17, 15) is 9.18 Å². The number of aryl methyl sites for hydroxylation is 2. The molecule has 4 aromatic rings. The van der Waals surface area contributed by atoms with Gasteiger partial charge in [0.05, 0.1) is 23.5 Å². The van der Waals surface area contributed by atoms with Gasteiger partial charge in [-0.2, -0.15) is 0 Å². The summed E-state index contributed by atoms with van der Waals surface area (Å²) < 4.78 is 16.3. The number of hydrogen-bond acceptors (Lipinski definition) is 3. The molecule has 5 rings (SSSR count). The lowest BCUT2D eigenvalue weighted by atomic mass is 9.96. The minimum absolute atomic E-state index is 0.152. The number of rotatable bonds is 8. The summed E-state index contributed by atoms with van der Waals surface area (Å²) in [6.45, 7) is 6.75. The van der Waals surface area contributed by atoms with Crippen LogP contribution in [0.5, 0.6) is 0 Å². The van der Waals surface area contributed by atoms with Gasteiger partial charge in [0.25, 0.3) is 0 Å². The first-order valence-corrected chi connectivity index (χ1v) is 13.6. The number of pyridine rings is 1. The van der Waals surface area contributed by atoms with Crippen molar-refractivity contribution in [1.29, 1.82) is 0 Å². The fourth-order valence-electron chi connectivity index (χ4n) is 5.35. The van der Waals surface area contributed by atoms with Crippen molar-refractivity contribution in [3.8, 4) is 5.69 Å². The first kappa shape index (κ1) is 26.6. The third kappa shape index (κ3) is 5.43. The van der Waals surface area contributed by atoms with Crippen LogP contribution in [0.1, 0.15) is 53.6 Å². The van der Waals surface area contributed by atoms with Crippen LogP contribution in [0.25, 0.3) is 5.69 Å². The molecule has 2 aromatic heterocycles. The van der Waals surface area contributed by atoms with Gasteiger partial charge in [0.2, 0.25) is 5.91 Å². The molecule has 1 fully saturated rings. The van der Waals surface area contributed by atoms with E-state index >= 15 is 0 Å². The van der Waals surface area contributed by atoms with E-state index in [4.69, 9.17) is 12.2 Å². The zero-order valence-electron chi connectivity index (χ0n) is 22.3. The summed E-state index contributed by atoms with van der Waals surface area (Å²) in [5.41, 5.74) is 6.78. The van der Waals surface area contributed by atoms with Crippen LogP contribution >= 0.6 is 12.2 Å². The highest BCUT2D eigenvalue weighted by atomic mass is 32.1. The number of nitrogens with one attached hydrogen (secondary N) is 2. The van der Waals surface area contributed by atoms with E-state index in [1.54, 1.807) is 24.4 Å².